The van der Waals surface area contributed by atoms with Gasteiger partial charge in [-0.15, -0.1) is 0 Å². The Morgan fingerprint density at radius 2 is 0.529 bits per heavy atom. The predicted molar refractivity (Wildman–Crippen MR) is 571 cm³/mol. The maximum absolute atomic E-state index is 11.9. The fourth-order valence-corrected chi connectivity index (χ4v) is 26.2. The summed E-state index contributed by atoms with van der Waals surface area (Å²) in [4.78, 5) is 27.8. The van der Waals surface area contributed by atoms with Crippen LogP contribution >= 0.6 is 0 Å². The Bertz CT molecular complexity index is 3980. The third kappa shape index (κ3) is 46.6. The number of piperidine rings is 1. The Hall–Kier alpha value is -2.94. The van der Waals surface area contributed by atoms with Gasteiger partial charge in [0.2, 0.25) is 60.1 Å². The monoisotopic (exact) mass is 2060 g/mol. The number of piperazine rings is 8. The summed E-state index contributed by atoms with van der Waals surface area (Å²) in [5.74, 6) is 1.11. The number of rotatable bonds is 32. The van der Waals surface area contributed by atoms with Crippen LogP contribution in [0.5, 0.6) is 0 Å². The molecule has 15 rings (SSSR count). The van der Waals surface area contributed by atoms with Crippen LogP contribution in [-0.4, -0.2) is 523 Å². The molecule has 12 heterocycles. The molecule has 8 unspecified atom stereocenters. The summed E-state index contributed by atoms with van der Waals surface area (Å²) in [6.45, 7) is 40.8. The third-order valence-electron chi connectivity index (χ3n) is 26.2. The quantitative estimate of drug-likeness (QED) is 0.0436. The lowest BCUT2D eigenvalue weighted by Crippen LogP contribution is -2.51. The van der Waals surface area contributed by atoms with Crippen molar-refractivity contribution in [3.63, 3.8) is 0 Å². The minimum absolute atomic E-state index is 0. The van der Waals surface area contributed by atoms with Crippen LogP contribution in [0.25, 0.3) is 0 Å². The highest BCUT2D eigenvalue weighted by atomic mass is 32.2. The van der Waals surface area contributed by atoms with Crippen molar-refractivity contribution in [1.29, 1.82) is 0 Å². The van der Waals surface area contributed by atoms with E-state index in [0.29, 0.717) is 116 Å². The van der Waals surface area contributed by atoms with Gasteiger partial charge in [-0.2, -0.15) is 25.8 Å². The zero-order chi connectivity index (χ0) is 93.8. The molecule has 39 nitrogen and oxygen atoms in total. The summed E-state index contributed by atoms with van der Waals surface area (Å²) in [6.07, 6.45) is 15.8. The largest absolute Gasteiger partial charge is 0.330 e. The Morgan fingerprint density at radius 1 is 0.272 bits per heavy atom. The van der Waals surface area contributed by atoms with Crippen LogP contribution in [0.2, 0.25) is 0 Å². The number of benzene rings is 2. The molecule has 2 aromatic rings. The Balaban J connectivity index is 0. The Morgan fingerprint density at radius 3 is 0.750 bits per heavy atom. The fraction of sp³-hybridized carbons (Fsp3) is 0.868. The van der Waals surface area contributed by atoms with E-state index in [1.807, 2.05) is 0 Å². The van der Waals surface area contributed by atoms with Crippen molar-refractivity contribution in [3.8, 4) is 0 Å². The smallest absolute Gasteiger partial charge is 0.227 e. The van der Waals surface area contributed by atoms with E-state index in [-0.39, 0.29) is 83.4 Å². The summed E-state index contributed by atoms with van der Waals surface area (Å²) in [5, 5.41) is 0. The lowest BCUT2D eigenvalue weighted by atomic mass is 10.1. The van der Waals surface area contributed by atoms with Gasteiger partial charge in [-0.1, -0.05) is 120 Å². The van der Waals surface area contributed by atoms with Gasteiger partial charge in [0, 0.05) is 324 Å². The second-order valence-electron chi connectivity index (χ2n) is 36.5. The lowest BCUT2D eigenvalue weighted by Gasteiger charge is -2.34. The molecule has 1 saturated carbocycles. The molecule has 13 fully saturated rings. The molecule has 13 aliphatic rings. The van der Waals surface area contributed by atoms with Gasteiger partial charge in [0.1, 0.15) is 5.88 Å². The molecule has 45 heteroatoms. The normalized spacial score (nSPS) is 24.7. The zero-order valence-electron chi connectivity index (χ0n) is 78.6. The van der Waals surface area contributed by atoms with Gasteiger partial charge in [-0.3, -0.25) is 49.0 Å². The number of hydrogen-bond donors (Lipinski definition) is 9. The van der Waals surface area contributed by atoms with E-state index in [2.05, 4.69) is 115 Å². The van der Waals surface area contributed by atoms with Crippen molar-refractivity contribution < 1.29 is 50.5 Å². The molecule has 8 bridgehead atoms. The van der Waals surface area contributed by atoms with Gasteiger partial charge in [-0.05, 0) is 109 Å². The standard InChI is InChI=1S/C14H23N3.C13H21N3.C9H22N4O2S.3C8H17N3O2S.C8H19N3O2S.C8H16N2.C7H17N3O2S.8CH4/c15-7-4-8-16-9-11-17(12-10-16)13-14-5-2-1-3-6-14;14-6-7-15-8-10-16(11-9-15)12-13-4-2-1-3-5-13;1-11(2)9-16(14,15)13-7-5-12(4-3-10)6-8-13;3*1-14(12,13)11-6-7-4-8(11)5-10(7)3-2-9;1-14(12,13)11-7-5-10(6-8-11)4-2-3-9;9-3-4-10-6-7-1-2-8(10)5-7;1-13(11,12)10-6-4-9(3-2-8)5-7-10;;;;;;;;/h1-3,5-6H,4,7-13,15H2;1-5H,6-12,14H2;3-10H2,1-2H3;3*7-8H,2-6,9H2,1H3;2-9H2,1H3;7-8H,1-6,9H2;2-8H2,1H3;8*1H4. The van der Waals surface area contributed by atoms with E-state index in [9.17, 15) is 50.5 Å². The van der Waals surface area contributed by atoms with E-state index < -0.39 is 60.1 Å². The maximum atomic E-state index is 11.9. The minimum Gasteiger partial charge on any atom is -0.330 e. The van der Waals surface area contributed by atoms with E-state index in [4.69, 9.17) is 51.6 Å². The highest BCUT2D eigenvalue weighted by molar-refractivity contribution is 7.89. The topological polar surface area (TPSA) is 497 Å². The first-order valence-corrected chi connectivity index (χ1v) is 57.5. The van der Waals surface area contributed by atoms with Crippen LogP contribution in [-0.2, 0) is 73.2 Å². The van der Waals surface area contributed by atoms with Gasteiger partial charge >= 0.3 is 0 Å². The van der Waals surface area contributed by atoms with Crippen LogP contribution in [0.3, 0.4) is 0 Å². The van der Waals surface area contributed by atoms with Crippen molar-refractivity contribution >= 4 is 60.1 Å². The molecule has 8 atom stereocenters. The van der Waals surface area contributed by atoms with Crippen molar-refractivity contribution in [1.82, 2.24) is 84.6 Å². The van der Waals surface area contributed by atoms with Crippen molar-refractivity contribution in [2.45, 2.75) is 166 Å². The van der Waals surface area contributed by atoms with Crippen molar-refractivity contribution in [2.24, 2.45) is 57.5 Å². The number of hydrogen-bond acceptors (Lipinski definition) is 33. The molecule has 0 radical (unpaired) electrons. The summed E-state index contributed by atoms with van der Waals surface area (Å²) < 4.78 is 146. The van der Waals surface area contributed by atoms with E-state index >= 15 is 0 Å². The molecule has 0 amide bonds. The van der Waals surface area contributed by atoms with Crippen LogP contribution in [0.4, 0.5) is 0 Å². The fourth-order valence-electron chi connectivity index (χ4n) is 19.6. The highest BCUT2D eigenvalue weighted by Crippen LogP contribution is 2.38. The Labute approximate surface area is 831 Å². The van der Waals surface area contributed by atoms with E-state index in [1.54, 1.807) is 36.2 Å². The van der Waals surface area contributed by atoms with Gasteiger partial charge in [-0.25, -0.2) is 50.5 Å². The first-order chi connectivity index (χ1) is 60.7. The van der Waals surface area contributed by atoms with Crippen LogP contribution in [0.1, 0.15) is 122 Å². The zero-order valence-corrected chi connectivity index (χ0v) is 83.5. The number of fused-ring (bicyclic) bond motifs is 8. The number of nitrogens with two attached hydrogens (primary N) is 9. The van der Waals surface area contributed by atoms with Crippen LogP contribution in [0, 0.1) is 5.92 Å². The van der Waals surface area contributed by atoms with Crippen LogP contribution < -0.4 is 51.6 Å². The molecule has 0 spiro atoms. The third-order valence-corrected chi connectivity index (χ3v) is 34.7. The average Bonchev–Trinajstić information content (AvgIpc) is 1.63. The molecule has 1 aliphatic carbocycles. The van der Waals surface area contributed by atoms with Gasteiger partial charge in [0.25, 0.3) is 0 Å². The molecular formula is C91H201N27O12S6. The Kier molecular flexibility index (Phi) is 67.2. The van der Waals surface area contributed by atoms with Crippen molar-refractivity contribution in [2.75, 3.05) is 346 Å². The first-order valence-electron chi connectivity index (χ1n) is 46.6. The maximum Gasteiger partial charge on any atom is 0.227 e. The van der Waals surface area contributed by atoms with Gasteiger partial charge < -0.3 is 61.4 Å². The SMILES string of the molecule is C.C.C.C.C.C.C.C.CN(C)CS(=O)(=O)N1CCN(CCN)CC1.CS(=O)(=O)N1CC2CC1CN2CCN.CS(=O)(=O)N1CC2CC1CN2CCN.CS(=O)(=O)N1CC2CC1CN2CCN.CS(=O)(=O)N1CCN(CCCN)CC1.CS(=O)(=O)N1CCN(CCN)CC1.NCCCN1CCN(Cc2ccccc2)CC1.NCCN1CC2CCC1C2.NCCN1CCN(Cc2ccccc2)CC1. The molecule has 18 N–H and O–H groups in total. The summed E-state index contributed by atoms with van der Waals surface area (Å²) >= 11 is 0. The molecule has 2 aromatic carbocycles. The summed E-state index contributed by atoms with van der Waals surface area (Å²) in [7, 11) is -14.6. The number of nitrogens with zero attached hydrogens (tertiary/aromatic N) is 18. The predicted octanol–water partition coefficient (Wildman–Crippen LogP) is -0.730. The number of sulfonamides is 6. The van der Waals surface area contributed by atoms with Gasteiger partial charge in [0.05, 0.1) is 31.3 Å². The van der Waals surface area contributed by atoms with Crippen LogP contribution in [0.15, 0.2) is 60.7 Å². The van der Waals surface area contributed by atoms with E-state index in [1.165, 1.54) is 103 Å². The number of likely N-dealkylation sites (tertiary alicyclic amines) is 4. The lowest BCUT2D eigenvalue weighted by molar-refractivity contribution is 0.127. The molecular weight excluding hydrogens is 1860 g/mol. The minimum atomic E-state index is -3.12. The summed E-state index contributed by atoms with van der Waals surface area (Å²) in [6, 6.07) is 24.1. The average molecular weight is 2060 g/mol. The molecule has 0 aromatic heterocycles. The highest BCUT2D eigenvalue weighted by Gasteiger charge is 2.49. The molecule has 12 saturated heterocycles. The molecule has 12 aliphatic heterocycles. The van der Waals surface area contributed by atoms with Crippen molar-refractivity contribution in [3.05, 3.63) is 71.8 Å². The molecule has 136 heavy (non-hydrogen) atoms. The first kappa shape index (κ1) is 135. The van der Waals surface area contributed by atoms with Gasteiger partial charge in [0.15, 0.2) is 0 Å². The summed E-state index contributed by atoms with van der Waals surface area (Å²) in [5.41, 5.74) is 52.2. The second-order valence-corrected chi connectivity index (χ2v) is 48.2. The second kappa shape index (κ2) is 67.7. The van der Waals surface area contributed by atoms with E-state index in [0.717, 1.165) is 221 Å². The molecule has 808 valence electrons.